The molecule has 0 bridgehead atoms. The molecule has 0 saturated heterocycles. The molecule has 1 rings (SSSR count). The molecule has 0 radical (unpaired) electrons. The molecule has 0 amide bonds. The van der Waals surface area contributed by atoms with Crippen LogP contribution in [-0.4, -0.2) is 23.6 Å². The van der Waals surface area contributed by atoms with Gasteiger partial charge in [-0.2, -0.15) is 0 Å². The highest BCUT2D eigenvalue weighted by atomic mass is 16.4. The highest BCUT2D eigenvalue weighted by molar-refractivity contribution is 5.82. The lowest BCUT2D eigenvalue weighted by Crippen LogP contribution is -2.38. The standard InChI is InChI=1S/C11H23N3O/c1-8(11(12)14-15)7-13-9(2)10-5-3-4-6-10/h8-10,13,15H,3-7H2,1-2H3,(H2,12,14)/t8?,9-/m1/s1. The first-order valence-corrected chi connectivity index (χ1v) is 5.86. The van der Waals surface area contributed by atoms with E-state index >= 15 is 0 Å². The Bertz CT molecular complexity index is 212. The van der Waals surface area contributed by atoms with Crippen molar-refractivity contribution >= 4 is 5.84 Å². The molecule has 1 aliphatic rings. The second kappa shape index (κ2) is 5.95. The first-order valence-electron chi connectivity index (χ1n) is 5.86. The summed E-state index contributed by atoms with van der Waals surface area (Å²) >= 11 is 0. The van der Waals surface area contributed by atoms with Crippen molar-refractivity contribution in [1.82, 2.24) is 5.32 Å². The minimum atomic E-state index is 0.0962. The van der Waals surface area contributed by atoms with E-state index in [1.807, 2.05) is 6.92 Å². The molecule has 0 aromatic heterocycles. The first kappa shape index (κ1) is 12.3. The summed E-state index contributed by atoms with van der Waals surface area (Å²) < 4.78 is 0. The Labute approximate surface area is 91.9 Å². The molecule has 88 valence electrons. The van der Waals surface area contributed by atoms with Crippen molar-refractivity contribution < 1.29 is 5.21 Å². The molecule has 0 aromatic carbocycles. The van der Waals surface area contributed by atoms with Crippen LogP contribution < -0.4 is 11.1 Å². The molecule has 15 heavy (non-hydrogen) atoms. The number of hydrogen-bond donors (Lipinski definition) is 3. The van der Waals surface area contributed by atoms with Crippen LogP contribution in [-0.2, 0) is 0 Å². The van der Waals surface area contributed by atoms with Gasteiger partial charge in [0.1, 0.15) is 5.84 Å². The SMILES string of the molecule is CC(CN[C@H](C)C1CCCC1)C(N)=NO. The quantitative estimate of drug-likeness (QED) is 0.281. The predicted octanol–water partition coefficient (Wildman–Crippen LogP) is 1.54. The normalized spacial score (nSPS) is 22.9. The fourth-order valence-electron chi connectivity index (χ4n) is 2.19. The topological polar surface area (TPSA) is 70.6 Å². The van der Waals surface area contributed by atoms with E-state index in [4.69, 9.17) is 10.9 Å². The van der Waals surface area contributed by atoms with Crippen molar-refractivity contribution in [1.29, 1.82) is 0 Å². The molecule has 4 heteroatoms. The average Bonchev–Trinajstić information content (AvgIpc) is 2.77. The molecule has 0 spiro atoms. The van der Waals surface area contributed by atoms with Gasteiger partial charge >= 0.3 is 0 Å². The maximum absolute atomic E-state index is 8.52. The summed E-state index contributed by atoms with van der Waals surface area (Å²) in [5, 5.41) is 15.0. The van der Waals surface area contributed by atoms with Gasteiger partial charge in [-0.25, -0.2) is 0 Å². The Balaban J connectivity index is 2.23. The maximum atomic E-state index is 8.52. The highest BCUT2D eigenvalue weighted by Gasteiger charge is 2.21. The van der Waals surface area contributed by atoms with Gasteiger partial charge in [0.15, 0.2) is 0 Å². The highest BCUT2D eigenvalue weighted by Crippen LogP contribution is 2.27. The summed E-state index contributed by atoms with van der Waals surface area (Å²) in [5.74, 6) is 1.21. The summed E-state index contributed by atoms with van der Waals surface area (Å²) in [5.41, 5.74) is 5.52. The zero-order chi connectivity index (χ0) is 11.3. The Morgan fingerprint density at radius 1 is 1.47 bits per heavy atom. The van der Waals surface area contributed by atoms with Crippen molar-refractivity contribution in [3.8, 4) is 0 Å². The van der Waals surface area contributed by atoms with E-state index in [0.717, 1.165) is 12.5 Å². The van der Waals surface area contributed by atoms with Gasteiger partial charge in [0.25, 0.3) is 0 Å². The van der Waals surface area contributed by atoms with Crippen molar-refractivity contribution in [2.24, 2.45) is 22.7 Å². The lowest BCUT2D eigenvalue weighted by Gasteiger charge is -2.22. The number of amidine groups is 1. The fraction of sp³-hybridized carbons (Fsp3) is 0.909. The van der Waals surface area contributed by atoms with Crippen molar-refractivity contribution in [2.45, 2.75) is 45.6 Å². The van der Waals surface area contributed by atoms with Gasteiger partial charge < -0.3 is 16.3 Å². The molecule has 1 saturated carbocycles. The van der Waals surface area contributed by atoms with Crippen LogP contribution in [0.5, 0.6) is 0 Å². The van der Waals surface area contributed by atoms with Crippen LogP contribution in [0.15, 0.2) is 5.16 Å². The minimum absolute atomic E-state index is 0.0962. The zero-order valence-electron chi connectivity index (χ0n) is 9.74. The number of nitrogens with zero attached hydrogens (tertiary/aromatic N) is 1. The lowest BCUT2D eigenvalue weighted by molar-refractivity contribution is 0.312. The third-order valence-electron chi connectivity index (χ3n) is 3.47. The third-order valence-corrected chi connectivity index (χ3v) is 3.47. The van der Waals surface area contributed by atoms with Gasteiger partial charge in [-0.15, -0.1) is 0 Å². The average molecular weight is 213 g/mol. The number of rotatable bonds is 5. The van der Waals surface area contributed by atoms with Gasteiger partial charge in [0.2, 0.25) is 0 Å². The van der Waals surface area contributed by atoms with Crippen molar-refractivity contribution in [3.05, 3.63) is 0 Å². The van der Waals surface area contributed by atoms with Crippen LogP contribution in [0.1, 0.15) is 39.5 Å². The third kappa shape index (κ3) is 3.70. The first-order chi connectivity index (χ1) is 7.15. The van der Waals surface area contributed by atoms with Crippen LogP contribution >= 0.6 is 0 Å². The van der Waals surface area contributed by atoms with Crippen LogP contribution in [0.2, 0.25) is 0 Å². The molecule has 0 heterocycles. The predicted molar refractivity (Wildman–Crippen MR) is 62.0 cm³/mol. The minimum Gasteiger partial charge on any atom is -0.409 e. The zero-order valence-corrected chi connectivity index (χ0v) is 9.74. The smallest absolute Gasteiger partial charge is 0.143 e. The second-order valence-corrected chi connectivity index (χ2v) is 4.67. The molecular weight excluding hydrogens is 190 g/mol. The number of nitrogens with one attached hydrogen (secondary N) is 1. The molecule has 1 aliphatic carbocycles. The van der Waals surface area contributed by atoms with Crippen LogP contribution in [0, 0.1) is 11.8 Å². The summed E-state index contributed by atoms with van der Waals surface area (Å²) in [6, 6.07) is 0.543. The second-order valence-electron chi connectivity index (χ2n) is 4.67. The van der Waals surface area contributed by atoms with Gasteiger partial charge in [0.05, 0.1) is 0 Å². The Morgan fingerprint density at radius 3 is 2.60 bits per heavy atom. The van der Waals surface area contributed by atoms with E-state index in [1.165, 1.54) is 25.7 Å². The van der Waals surface area contributed by atoms with Crippen LogP contribution in [0.25, 0.3) is 0 Å². The summed E-state index contributed by atoms with van der Waals surface area (Å²) in [7, 11) is 0. The Hall–Kier alpha value is -0.770. The summed E-state index contributed by atoms with van der Waals surface area (Å²) in [6.07, 6.45) is 5.41. The van der Waals surface area contributed by atoms with E-state index in [-0.39, 0.29) is 5.92 Å². The molecular formula is C11H23N3O. The van der Waals surface area contributed by atoms with E-state index in [9.17, 15) is 0 Å². The van der Waals surface area contributed by atoms with E-state index in [2.05, 4.69) is 17.4 Å². The molecule has 4 N–H and O–H groups in total. The fourth-order valence-corrected chi connectivity index (χ4v) is 2.19. The van der Waals surface area contributed by atoms with Gasteiger partial charge in [0, 0.05) is 18.5 Å². The molecule has 1 fully saturated rings. The molecule has 4 nitrogen and oxygen atoms in total. The maximum Gasteiger partial charge on any atom is 0.143 e. The number of hydrogen-bond acceptors (Lipinski definition) is 3. The molecule has 2 atom stereocenters. The van der Waals surface area contributed by atoms with Crippen LogP contribution in [0.3, 0.4) is 0 Å². The molecule has 0 aromatic rings. The number of nitrogens with two attached hydrogens (primary N) is 1. The van der Waals surface area contributed by atoms with Gasteiger partial charge in [-0.3, -0.25) is 0 Å². The van der Waals surface area contributed by atoms with Crippen molar-refractivity contribution in [3.63, 3.8) is 0 Å². The van der Waals surface area contributed by atoms with Gasteiger partial charge in [-0.05, 0) is 25.7 Å². The Kier molecular flexibility index (Phi) is 4.88. The Morgan fingerprint density at radius 2 is 2.07 bits per heavy atom. The van der Waals surface area contributed by atoms with E-state index < -0.39 is 0 Å². The van der Waals surface area contributed by atoms with E-state index in [0.29, 0.717) is 11.9 Å². The summed E-state index contributed by atoms with van der Waals surface area (Å²) in [4.78, 5) is 0. The lowest BCUT2D eigenvalue weighted by atomic mass is 9.99. The molecule has 0 aliphatic heterocycles. The monoisotopic (exact) mass is 213 g/mol. The van der Waals surface area contributed by atoms with Crippen LogP contribution in [0.4, 0.5) is 0 Å². The molecule has 1 unspecified atom stereocenters. The van der Waals surface area contributed by atoms with Gasteiger partial charge in [-0.1, -0.05) is 24.9 Å². The number of oxime groups is 1. The van der Waals surface area contributed by atoms with Crippen molar-refractivity contribution in [2.75, 3.05) is 6.54 Å². The van der Waals surface area contributed by atoms with E-state index in [1.54, 1.807) is 0 Å². The largest absolute Gasteiger partial charge is 0.409 e. The summed E-state index contributed by atoms with van der Waals surface area (Å²) in [6.45, 7) is 4.98.